The van der Waals surface area contributed by atoms with Crippen LogP contribution in [-0.2, 0) is 36.4 Å². The van der Waals surface area contributed by atoms with Crippen molar-refractivity contribution >= 4 is 29.4 Å². The number of ether oxygens (including phenoxy) is 1. The first kappa shape index (κ1) is 32.2. The van der Waals surface area contributed by atoms with Gasteiger partial charge in [-0.15, -0.1) is 0 Å². The van der Waals surface area contributed by atoms with Gasteiger partial charge in [-0.25, -0.2) is 18.5 Å². The summed E-state index contributed by atoms with van der Waals surface area (Å²) in [4.78, 5) is 73.6. The molecule has 1 amide bonds. The normalized spacial score (nSPS) is 22.6. The quantitative estimate of drug-likeness (QED) is 0.0919. The topological polar surface area (TPSA) is 299 Å². The second-order valence-corrected chi connectivity index (χ2v) is 11.9. The van der Waals surface area contributed by atoms with Crippen LogP contribution in [0.2, 0.25) is 0 Å². The number of aromatic amines is 1. The first-order chi connectivity index (χ1) is 17.5. The van der Waals surface area contributed by atoms with Crippen LogP contribution in [0.1, 0.15) is 31.1 Å². The van der Waals surface area contributed by atoms with Crippen LogP contribution in [0.25, 0.3) is 0 Å². The van der Waals surface area contributed by atoms with E-state index in [1.807, 2.05) is 4.98 Å². The molecule has 2 unspecified atom stereocenters. The third-order valence-electron chi connectivity index (χ3n) is 4.51. The van der Waals surface area contributed by atoms with Gasteiger partial charge in [-0.1, -0.05) is 11.8 Å². The summed E-state index contributed by atoms with van der Waals surface area (Å²) in [7, 11) is -16.8. The number of phosphoric acid groups is 3. The second kappa shape index (κ2) is 13.4. The number of hydrogen-bond acceptors (Lipinski definition) is 12. The van der Waals surface area contributed by atoms with Gasteiger partial charge in [0.15, 0.2) is 0 Å². The lowest BCUT2D eigenvalue weighted by molar-refractivity contribution is -0.120. The fourth-order valence-corrected chi connectivity index (χ4v) is 5.96. The van der Waals surface area contributed by atoms with Gasteiger partial charge in [-0.2, -0.15) is 8.62 Å². The van der Waals surface area contributed by atoms with Crippen molar-refractivity contribution in [2.45, 2.75) is 37.7 Å². The van der Waals surface area contributed by atoms with E-state index in [1.165, 1.54) is 0 Å². The number of rotatable bonds is 12. The lowest BCUT2D eigenvalue weighted by Gasteiger charge is -2.19. The highest BCUT2D eigenvalue weighted by molar-refractivity contribution is 7.66. The predicted molar refractivity (Wildman–Crippen MR) is 124 cm³/mol. The summed E-state index contributed by atoms with van der Waals surface area (Å²) in [5, 5.41) is 12.7. The Hall–Kier alpha value is -2.00. The minimum atomic E-state index is -5.74. The number of nitrogens with two attached hydrogens (primary N) is 1. The van der Waals surface area contributed by atoms with Crippen LogP contribution >= 0.6 is 23.5 Å². The van der Waals surface area contributed by atoms with Crippen LogP contribution in [0.3, 0.4) is 0 Å². The molecule has 1 fully saturated rings. The number of amides is 1. The van der Waals surface area contributed by atoms with Gasteiger partial charge in [-0.05, 0) is 13.0 Å². The van der Waals surface area contributed by atoms with Crippen LogP contribution in [0.15, 0.2) is 15.8 Å². The molecule has 1 saturated heterocycles. The average Bonchev–Trinajstić information content (AvgIpc) is 3.12. The number of carbonyl (C=O) groups is 1. The number of nitrogens with one attached hydrogen (secondary N) is 2. The zero-order chi connectivity index (χ0) is 28.7. The zero-order valence-corrected chi connectivity index (χ0v) is 21.9. The summed E-state index contributed by atoms with van der Waals surface area (Å²) >= 11 is 0. The van der Waals surface area contributed by atoms with Crippen LogP contribution in [0.5, 0.6) is 0 Å². The zero-order valence-electron chi connectivity index (χ0n) is 19.2. The summed E-state index contributed by atoms with van der Waals surface area (Å²) in [6, 6.07) is 0. The number of hydrogen-bond donors (Lipinski definition) is 8. The smallest absolute Gasteiger partial charge is 0.390 e. The summed E-state index contributed by atoms with van der Waals surface area (Å²) in [5.74, 6) is 4.73. The summed E-state index contributed by atoms with van der Waals surface area (Å²) in [5.41, 5.74) is 3.35. The minimum Gasteiger partial charge on any atom is -0.390 e. The van der Waals surface area contributed by atoms with Crippen molar-refractivity contribution in [1.29, 1.82) is 0 Å². The molecule has 214 valence electrons. The van der Waals surface area contributed by atoms with E-state index >= 15 is 0 Å². The maximum atomic E-state index is 12.3. The fourth-order valence-electron chi connectivity index (χ4n) is 2.93. The summed E-state index contributed by atoms with van der Waals surface area (Å²) in [6.45, 7) is -0.702. The standard InChI is InChI=1S/C16H25N4O15P3/c17-5-1-4-13(22)18-6-2-3-10-8-20(16(24)19-15(10)23)14-7-11(21)12(33-14)9-32-37(28,29)35-38(30,31)34-36(25,26)27/h8,11-12,14,21H,1,4-7,9,17H2,(H,18,22)(H,28,29)(H,30,31)(H,19,23,24)(H2,25,26,27)/t11-,12-,14-/m1/s1. The molecule has 1 aliphatic heterocycles. The first-order valence-electron chi connectivity index (χ1n) is 10.4. The van der Waals surface area contributed by atoms with Gasteiger partial charge in [0.2, 0.25) is 5.91 Å². The maximum absolute atomic E-state index is 12.3. The van der Waals surface area contributed by atoms with Crippen molar-refractivity contribution in [2.75, 3.05) is 19.7 Å². The molecule has 0 spiro atoms. The molecular formula is C16H25N4O15P3. The highest BCUT2D eigenvalue weighted by Gasteiger charge is 2.43. The Morgan fingerprint density at radius 2 is 1.89 bits per heavy atom. The van der Waals surface area contributed by atoms with Crippen molar-refractivity contribution in [2.24, 2.45) is 5.73 Å². The monoisotopic (exact) mass is 606 g/mol. The minimum absolute atomic E-state index is 0.0940. The first-order valence-corrected chi connectivity index (χ1v) is 15.0. The van der Waals surface area contributed by atoms with E-state index in [0.29, 0.717) is 13.0 Å². The van der Waals surface area contributed by atoms with E-state index in [4.69, 9.17) is 25.2 Å². The number of H-pyrrole nitrogens is 1. The van der Waals surface area contributed by atoms with E-state index in [2.05, 4.69) is 30.3 Å². The molecule has 0 bridgehead atoms. The molecule has 1 aromatic rings. The Morgan fingerprint density at radius 1 is 1.21 bits per heavy atom. The lowest BCUT2D eigenvalue weighted by atomic mass is 10.2. The molecule has 22 heteroatoms. The Kier molecular flexibility index (Phi) is 11.3. The molecule has 1 aromatic heterocycles. The molecular weight excluding hydrogens is 581 g/mol. The molecule has 0 saturated carbocycles. The van der Waals surface area contributed by atoms with Crippen LogP contribution in [0.4, 0.5) is 0 Å². The van der Waals surface area contributed by atoms with E-state index in [-0.39, 0.29) is 30.9 Å². The third-order valence-corrected chi connectivity index (χ3v) is 8.31. The number of aliphatic hydroxyl groups excluding tert-OH is 1. The molecule has 1 aliphatic rings. The van der Waals surface area contributed by atoms with Crippen molar-refractivity contribution < 1.29 is 61.1 Å². The molecule has 0 aromatic carbocycles. The Morgan fingerprint density at radius 3 is 2.53 bits per heavy atom. The highest BCUT2D eigenvalue weighted by atomic mass is 31.3. The van der Waals surface area contributed by atoms with Gasteiger partial charge in [0.1, 0.15) is 17.9 Å². The van der Waals surface area contributed by atoms with Gasteiger partial charge in [-0.3, -0.25) is 23.7 Å². The van der Waals surface area contributed by atoms with Gasteiger partial charge < -0.3 is 40.5 Å². The van der Waals surface area contributed by atoms with Gasteiger partial charge in [0, 0.05) is 19.0 Å². The summed E-state index contributed by atoms with van der Waals surface area (Å²) < 4.78 is 51.8. The van der Waals surface area contributed by atoms with Gasteiger partial charge in [0.05, 0.1) is 19.3 Å². The van der Waals surface area contributed by atoms with Crippen molar-refractivity contribution in [3.05, 3.63) is 32.6 Å². The number of nitrogens with zero attached hydrogens (tertiary/aromatic N) is 1. The molecule has 5 atom stereocenters. The molecule has 9 N–H and O–H groups in total. The molecule has 19 nitrogen and oxygen atoms in total. The number of aliphatic hydroxyl groups is 1. The SMILES string of the molecule is NCCCC(=O)NCC#Cc1cn([C@H]2C[C@@H](O)[C@@H](COP(=O)(O)OP(=O)(O)OP(=O)(O)O)O2)c(=O)[nH]c1=O. The maximum Gasteiger partial charge on any atom is 0.490 e. The van der Waals surface area contributed by atoms with E-state index in [9.17, 15) is 38.1 Å². The second-order valence-electron chi connectivity index (χ2n) is 7.50. The number of carbonyl (C=O) groups excluding carboxylic acids is 1. The van der Waals surface area contributed by atoms with Crippen molar-refractivity contribution in [3.8, 4) is 11.8 Å². The van der Waals surface area contributed by atoms with Gasteiger partial charge >= 0.3 is 29.2 Å². The lowest BCUT2D eigenvalue weighted by Crippen LogP contribution is -2.34. The fraction of sp³-hybridized carbons (Fsp3) is 0.562. The predicted octanol–water partition coefficient (Wildman–Crippen LogP) is -2.27. The molecule has 2 heterocycles. The van der Waals surface area contributed by atoms with Crippen LogP contribution < -0.4 is 22.3 Å². The Bertz CT molecular complexity index is 1330. The third kappa shape index (κ3) is 10.6. The molecule has 38 heavy (non-hydrogen) atoms. The number of aromatic nitrogens is 2. The summed E-state index contributed by atoms with van der Waals surface area (Å²) in [6.07, 6.45) is -2.59. The van der Waals surface area contributed by atoms with E-state index in [1.54, 1.807) is 0 Å². The van der Waals surface area contributed by atoms with E-state index in [0.717, 1.165) is 10.8 Å². The van der Waals surface area contributed by atoms with E-state index < -0.39 is 59.8 Å². The molecule has 0 radical (unpaired) electrons. The van der Waals surface area contributed by atoms with Crippen LogP contribution in [-0.4, -0.2) is 72.0 Å². The van der Waals surface area contributed by atoms with Crippen molar-refractivity contribution in [3.63, 3.8) is 0 Å². The molecule has 0 aliphatic carbocycles. The Labute approximate surface area is 213 Å². The molecule has 2 rings (SSSR count). The van der Waals surface area contributed by atoms with Gasteiger partial charge in [0.25, 0.3) is 5.56 Å². The highest BCUT2D eigenvalue weighted by Crippen LogP contribution is 2.66. The van der Waals surface area contributed by atoms with Crippen molar-refractivity contribution in [1.82, 2.24) is 14.9 Å². The Balaban J connectivity index is 2.05. The largest absolute Gasteiger partial charge is 0.490 e. The number of phosphoric ester groups is 1. The average molecular weight is 606 g/mol. The van der Waals surface area contributed by atoms with Crippen LogP contribution in [0, 0.1) is 11.8 Å².